The largest absolute Gasteiger partial charge is 0.326 e. The van der Waals surface area contributed by atoms with Gasteiger partial charge in [0.1, 0.15) is 0 Å². The second-order valence-electron chi connectivity index (χ2n) is 5.10. The summed E-state index contributed by atoms with van der Waals surface area (Å²) in [6.45, 7) is 8.12. The standard InChI is InChI=1S/C14H24N2O2S/c1-5-10(2)12(4)16-19(17,18)14-8-13(9-15)7-6-11(14)3/h6-8,10,12,16H,5,9,15H2,1-4H3. The number of sulfonamides is 1. The lowest BCUT2D eigenvalue weighted by Crippen LogP contribution is -2.37. The first-order chi connectivity index (χ1) is 8.81. The van der Waals surface area contributed by atoms with Gasteiger partial charge in [-0.25, -0.2) is 13.1 Å². The van der Waals surface area contributed by atoms with Crippen LogP contribution in [0.4, 0.5) is 0 Å². The summed E-state index contributed by atoms with van der Waals surface area (Å²) in [5.74, 6) is 0.299. The Labute approximate surface area is 116 Å². The Morgan fingerprint density at radius 2 is 1.95 bits per heavy atom. The molecule has 0 heterocycles. The zero-order valence-corrected chi connectivity index (χ0v) is 12.9. The molecule has 2 unspecified atom stereocenters. The monoisotopic (exact) mass is 284 g/mol. The lowest BCUT2D eigenvalue weighted by atomic mass is 10.0. The van der Waals surface area contributed by atoms with E-state index in [1.54, 1.807) is 19.1 Å². The Kier molecular flexibility index (Phi) is 5.52. The lowest BCUT2D eigenvalue weighted by molar-refractivity contribution is 0.434. The molecule has 3 N–H and O–H groups in total. The Morgan fingerprint density at radius 1 is 1.32 bits per heavy atom. The van der Waals surface area contributed by atoms with Crippen molar-refractivity contribution >= 4 is 10.0 Å². The highest BCUT2D eigenvalue weighted by molar-refractivity contribution is 7.89. The van der Waals surface area contributed by atoms with E-state index in [0.717, 1.165) is 17.5 Å². The Balaban J connectivity index is 3.06. The molecule has 0 saturated heterocycles. The van der Waals surface area contributed by atoms with Crippen molar-refractivity contribution < 1.29 is 8.42 Å². The first kappa shape index (κ1) is 16.1. The third kappa shape index (κ3) is 4.03. The van der Waals surface area contributed by atoms with E-state index in [9.17, 15) is 8.42 Å². The van der Waals surface area contributed by atoms with Crippen molar-refractivity contribution in [1.82, 2.24) is 4.72 Å². The SMILES string of the molecule is CCC(C)C(C)NS(=O)(=O)c1cc(CN)ccc1C. The van der Waals surface area contributed by atoms with E-state index in [2.05, 4.69) is 11.6 Å². The van der Waals surface area contributed by atoms with Crippen LogP contribution in [0.25, 0.3) is 0 Å². The molecule has 0 spiro atoms. The van der Waals surface area contributed by atoms with Crippen LogP contribution in [0.2, 0.25) is 0 Å². The number of aryl methyl sites for hydroxylation is 1. The normalized spacial score (nSPS) is 15.2. The first-order valence-corrected chi connectivity index (χ1v) is 8.12. The van der Waals surface area contributed by atoms with E-state index < -0.39 is 10.0 Å². The summed E-state index contributed by atoms with van der Waals surface area (Å²) in [4.78, 5) is 0.325. The number of hydrogen-bond donors (Lipinski definition) is 2. The third-order valence-electron chi connectivity index (χ3n) is 3.62. The Morgan fingerprint density at radius 3 is 2.47 bits per heavy atom. The molecule has 4 nitrogen and oxygen atoms in total. The van der Waals surface area contributed by atoms with Crippen molar-refractivity contribution in [3.05, 3.63) is 29.3 Å². The van der Waals surface area contributed by atoms with Crippen LogP contribution in [-0.4, -0.2) is 14.5 Å². The second-order valence-corrected chi connectivity index (χ2v) is 6.78. The molecule has 19 heavy (non-hydrogen) atoms. The van der Waals surface area contributed by atoms with Gasteiger partial charge in [-0.1, -0.05) is 32.4 Å². The molecule has 0 aliphatic carbocycles. The van der Waals surface area contributed by atoms with E-state index in [4.69, 9.17) is 5.73 Å². The minimum Gasteiger partial charge on any atom is -0.326 e. The topological polar surface area (TPSA) is 72.2 Å². The van der Waals surface area contributed by atoms with Crippen LogP contribution >= 0.6 is 0 Å². The lowest BCUT2D eigenvalue weighted by Gasteiger charge is -2.20. The molecule has 0 aliphatic rings. The molecule has 0 fully saturated rings. The minimum absolute atomic E-state index is 0.0871. The summed E-state index contributed by atoms with van der Waals surface area (Å²) >= 11 is 0. The molecule has 0 aromatic heterocycles. The molecule has 0 aliphatic heterocycles. The molecule has 1 aromatic rings. The van der Waals surface area contributed by atoms with Crippen LogP contribution < -0.4 is 10.5 Å². The molecule has 108 valence electrons. The van der Waals surface area contributed by atoms with Crippen LogP contribution in [0.5, 0.6) is 0 Å². The van der Waals surface area contributed by atoms with E-state index in [1.807, 2.05) is 19.9 Å². The minimum atomic E-state index is -3.48. The smallest absolute Gasteiger partial charge is 0.241 e. The van der Waals surface area contributed by atoms with Gasteiger partial charge >= 0.3 is 0 Å². The molecular weight excluding hydrogens is 260 g/mol. The van der Waals surface area contributed by atoms with Crippen LogP contribution in [0.3, 0.4) is 0 Å². The van der Waals surface area contributed by atoms with Gasteiger partial charge in [0.2, 0.25) is 10.0 Å². The summed E-state index contributed by atoms with van der Waals surface area (Å²) < 4.78 is 27.5. The number of rotatable bonds is 6. The molecule has 5 heteroatoms. The quantitative estimate of drug-likeness (QED) is 0.841. The first-order valence-electron chi connectivity index (χ1n) is 6.63. The molecule has 0 amide bonds. The third-order valence-corrected chi connectivity index (χ3v) is 5.32. The van der Waals surface area contributed by atoms with Crippen molar-refractivity contribution in [2.75, 3.05) is 0 Å². The average molecular weight is 284 g/mol. The van der Waals surface area contributed by atoms with Crippen LogP contribution in [-0.2, 0) is 16.6 Å². The van der Waals surface area contributed by atoms with Gasteiger partial charge in [-0.3, -0.25) is 0 Å². The second kappa shape index (κ2) is 6.50. The molecule has 0 radical (unpaired) electrons. The van der Waals surface area contributed by atoms with Crippen molar-refractivity contribution in [3.63, 3.8) is 0 Å². The zero-order valence-electron chi connectivity index (χ0n) is 12.1. The predicted molar refractivity (Wildman–Crippen MR) is 78.3 cm³/mol. The highest BCUT2D eigenvalue weighted by Gasteiger charge is 2.22. The molecular formula is C14H24N2O2S. The maximum absolute atomic E-state index is 12.4. The summed E-state index contributed by atoms with van der Waals surface area (Å²) in [5, 5.41) is 0. The van der Waals surface area contributed by atoms with Gasteiger partial charge in [-0.15, -0.1) is 0 Å². The van der Waals surface area contributed by atoms with E-state index in [0.29, 0.717) is 17.4 Å². The maximum Gasteiger partial charge on any atom is 0.241 e. The van der Waals surface area contributed by atoms with Gasteiger partial charge in [-0.2, -0.15) is 0 Å². The van der Waals surface area contributed by atoms with Crippen molar-refractivity contribution in [2.24, 2.45) is 11.7 Å². The highest BCUT2D eigenvalue weighted by Crippen LogP contribution is 2.18. The fraction of sp³-hybridized carbons (Fsp3) is 0.571. The number of benzene rings is 1. The fourth-order valence-electron chi connectivity index (χ4n) is 1.84. The van der Waals surface area contributed by atoms with Crippen molar-refractivity contribution in [1.29, 1.82) is 0 Å². The summed E-state index contributed by atoms with van der Waals surface area (Å²) in [6, 6.07) is 5.22. The van der Waals surface area contributed by atoms with Crippen molar-refractivity contribution in [2.45, 2.75) is 51.6 Å². The van der Waals surface area contributed by atoms with E-state index >= 15 is 0 Å². The van der Waals surface area contributed by atoms with E-state index in [1.165, 1.54) is 0 Å². The predicted octanol–water partition coefficient (Wildman–Crippen LogP) is 2.17. The Bertz CT molecular complexity index is 526. The number of hydrogen-bond acceptors (Lipinski definition) is 3. The van der Waals surface area contributed by atoms with Gasteiger partial charge in [0.05, 0.1) is 4.90 Å². The molecule has 0 bridgehead atoms. The molecule has 0 saturated carbocycles. The highest BCUT2D eigenvalue weighted by atomic mass is 32.2. The average Bonchev–Trinajstić information content (AvgIpc) is 2.37. The maximum atomic E-state index is 12.4. The summed E-state index contributed by atoms with van der Waals surface area (Å²) in [6.07, 6.45) is 0.936. The van der Waals surface area contributed by atoms with Crippen LogP contribution in [0.15, 0.2) is 23.1 Å². The zero-order chi connectivity index (χ0) is 14.6. The van der Waals surface area contributed by atoms with Gasteiger partial charge in [0.15, 0.2) is 0 Å². The van der Waals surface area contributed by atoms with Gasteiger partial charge in [0, 0.05) is 12.6 Å². The van der Waals surface area contributed by atoms with Gasteiger partial charge in [0.25, 0.3) is 0 Å². The summed E-state index contributed by atoms with van der Waals surface area (Å²) in [7, 11) is -3.48. The van der Waals surface area contributed by atoms with Crippen molar-refractivity contribution in [3.8, 4) is 0 Å². The van der Waals surface area contributed by atoms with E-state index in [-0.39, 0.29) is 6.04 Å². The van der Waals surface area contributed by atoms with Crippen LogP contribution in [0, 0.1) is 12.8 Å². The number of nitrogens with two attached hydrogens (primary N) is 1. The molecule has 2 atom stereocenters. The van der Waals surface area contributed by atoms with Crippen LogP contribution in [0.1, 0.15) is 38.3 Å². The van der Waals surface area contributed by atoms with Gasteiger partial charge in [-0.05, 0) is 37.0 Å². The number of nitrogens with one attached hydrogen (secondary N) is 1. The molecule has 1 rings (SSSR count). The fourth-order valence-corrected chi connectivity index (χ4v) is 3.49. The Hall–Kier alpha value is -0.910. The summed E-state index contributed by atoms with van der Waals surface area (Å²) in [5.41, 5.74) is 7.13. The van der Waals surface area contributed by atoms with Gasteiger partial charge < -0.3 is 5.73 Å². The molecule has 1 aromatic carbocycles.